The van der Waals surface area contributed by atoms with Gasteiger partial charge in [0, 0.05) is 5.54 Å². The Morgan fingerprint density at radius 2 is 1.96 bits per heavy atom. The maximum atomic E-state index is 12.9. The Balaban J connectivity index is 1.99. The molecule has 2 unspecified atom stereocenters. The predicted molar refractivity (Wildman–Crippen MR) is 100 cm³/mol. The number of ether oxygens (including phenoxy) is 1. The van der Waals surface area contributed by atoms with Gasteiger partial charge < -0.3 is 10.1 Å². The molecule has 0 radical (unpaired) electrons. The maximum Gasteiger partial charge on any atom is 0.359 e. The highest BCUT2D eigenvalue weighted by atomic mass is 16.6. The van der Waals surface area contributed by atoms with Crippen LogP contribution < -0.4 is 5.32 Å². The van der Waals surface area contributed by atoms with Gasteiger partial charge in [-0.2, -0.15) is 0 Å². The van der Waals surface area contributed by atoms with E-state index < -0.39 is 23.7 Å². The summed E-state index contributed by atoms with van der Waals surface area (Å²) in [6.45, 7) is 7.69. The van der Waals surface area contributed by atoms with Crippen molar-refractivity contribution in [2.45, 2.75) is 64.6 Å². The summed E-state index contributed by atoms with van der Waals surface area (Å²) in [7, 11) is 0. The molecule has 1 aliphatic heterocycles. The zero-order valence-electron chi connectivity index (χ0n) is 16.2. The second-order valence-electron chi connectivity index (χ2n) is 7.90. The molecule has 0 saturated carbocycles. The van der Waals surface area contributed by atoms with Gasteiger partial charge in [0.05, 0.1) is 5.69 Å². The van der Waals surface area contributed by atoms with Gasteiger partial charge in [-0.25, -0.2) is 9.48 Å². The Morgan fingerprint density at radius 1 is 1.26 bits per heavy atom. The molecule has 0 spiro atoms. The molecule has 1 aromatic heterocycles. The van der Waals surface area contributed by atoms with Crippen LogP contribution in [0.15, 0.2) is 30.3 Å². The first-order valence-corrected chi connectivity index (χ1v) is 9.31. The van der Waals surface area contributed by atoms with Crippen LogP contribution >= 0.6 is 0 Å². The Morgan fingerprint density at radius 3 is 2.59 bits per heavy atom. The van der Waals surface area contributed by atoms with E-state index in [2.05, 4.69) is 15.6 Å². The number of hydrogen-bond donors (Lipinski definition) is 1. The summed E-state index contributed by atoms with van der Waals surface area (Å²) in [4.78, 5) is 25.5. The third-order valence-corrected chi connectivity index (χ3v) is 4.39. The molecule has 7 nitrogen and oxygen atoms in total. The fourth-order valence-corrected chi connectivity index (χ4v) is 3.27. The van der Waals surface area contributed by atoms with E-state index in [1.165, 1.54) is 0 Å². The number of carbonyl (C=O) groups excluding carboxylic acids is 2. The lowest BCUT2D eigenvalue weighted by Gasteiger charge is -2.33. The van der Waals surface area contributed by atoms with Gasteiger partial charge in [0.1, 0.15) is 6.04 Å². The normalized spacial score (nSPS) is 19.3. The highest BCUT2D eigenvalue weighted by Gasteiger charge is 2.43. The van der Waals surface area contributed by atoms with Crippen molar-refractivity contribution in [2.24, 2.45) is 0 Å². The fourth-order valence-electron chi connectivity index (χ4n) is 3.27. The lowest BCUT2D eigenvalue weighted by molar-refractivity contribution is -0.135. The second-order valence-corrected chi connectivity index (χ2v) is 7.90. The molecular weight excluding hydrogens is 344 g/mol. The summed E-state index contributed by atoms with van der Waals surface area (Å²) in [5.74, 6) is -0.864. The number of nitrogens with one attached hydrogen (secondary N) is 1. The molecule has 0 aliphatic carbocycles. The van der Waals surface area contributed by atoms with Gasteiger partial charge in [0.2, 0.25) is 6.10 Å². The number of cyclic esters (lactones) is 1. The predicted octanol–water partition coefficient (Wildman–Crippen LogP) is 2.47. The van der Waals surface area contributed by atoms with Crippen LogP contribution in [0.4, 0.5) is 0 Å². The van der Waals surface area contributed by atoms with Gasteiger partial charge in [-0.1, -0.05) is 48.9 Å². The van der Waals surface area contributed by atoms with Crippen molar-refractivity contribution in [2.75, 3.05) is 0 Å². The summed E-state index contributed by atoms with van der Waals surface area (Å²) < 4.78 is 7.18. The molecule has 0 saturated heterocycles. The van der Waals surface area contributed by atoms with Gasteiger partial charge in [0.15, 0.2) is 5.69 Å². The Labute approximate surface area is 159 Å². The molecule has 0 fully saturated rings. The first-order valence-electron chi connectivity index (χ1n) is 9.31. The molecule has 3 rings (SSSR count). The number of benzene rings is 1. The lowest BCUT2D eigenvalue weighted by atomic mass is 9.97. The number of aromatic nitrogens is 3. The maximum absolute atomic E-state index is 12.9. The Kier molecular flexibility index (Phi) is 5.30. The van der Waals surface area contributed by atoms with Crippen LogP contribution in [0.25, 0.3) is 0 Å². The van der Waals surface area contributed by atoms with Gasteiger partial charge in [0.25, 0.3) is 5.91 Å². The lowest BCUT2D eigenvalue weighted by Crippen LogP contribution is -2.52. The molecule has 1 aliphatic rings. The molecule has 2 aromatic rings. The van der Waals surface area contributed by atoms with Crippen LogP contribution in [0.2, 0.25) is 0 Å². The first-order chi connectivity index (χ1) is 12.8. The number of hydrogen-bond acceptors (Lipinski definition) is 5. The van der Waals surface area contributed by atoms with Crippen molar-refractivity contribution in [3.05, 3.63) is 47.3 Å². The monoisotopic (exact) mass is 370 g/mol. The zero-order chi connectivity index (χ0) is 19.6. The van der Waals surface area contributed by atoms with E-state index in [9.17, 15) is 9.59 Å². The van der Waals surface area contributed by atoms with Crippen LogP contribution in [0, 0.1) is 0 Å². The summed E-state index contributed by atoms with van der Waals surface area (Å²) in [6.07, 6.45) is 1.04. The summed E-state index contributed by atoms with van der Waals surface area (Å²) >= 11 is 0. The average molecular weight is 370 g/mol. The number of amides is 1. The molecule has 2 atom stereocenters. The topological polar surface area (TPSA) is 86.1 Å². The van der Waals surface area contributed by atoms with Gasteiger partial charge in [-0.15, -0.1) is 5.10 Å². The van der Waals surface area contributed by atoms with Crippen LogP contribution in [0.1, 0.15) is 61.9 Å². The summed E-state index contributed by atoms with van der Waals surface area (Å²) in [5, 5.41) is 11.3. The fraction of sp³-hybridized carbons (Fsp3) is 0.500. The minimum atomic E-state index is -0.958. The van der Waals surface area contributed by atoms with Crippen molar-refractivity contribution in [3.63, 3.8) is 0 Å². The third kappa shape index (κ3) is 4.18. The molecule has 1 aromatic carbocycles. The van der Waals surface area contributed by atoms with Crippen molar-refractivity contribution in [3.8, 4) is 0 Å². The number of esters is 1. The molecule has 144 valence electrons. The number of fused-ring (bicyclic) bond motifs is 1. The second kappa shape index (κ2) is 7.50. The van der Waals surface area contributed by atoms with E-state index in [4.69, 9.17) is 4.74 Å². The summed E-state index contributed by atoms with van der Waals surface area (Å²) in [6, 6.07) is 9.35. The molecule has 0 bridgehead atoms. The van der Waals surface area contributed by atoms with E-state index in [-0.39, 0.29) is 5.91 Å². The Hall–Kier alpha value is -2.70. The molecule has 7 heteroatoms. The molecular formula is C20H26N4O3. The molecule has 1 amide bonds. The van der Waals surface area contributed by atoms with Crippen molar-refractivity contribution in [1.82, 2.24) is 20.3 Å². The zero-order valence-corrected chi connectivity index (χ0v) is 16.2. The number of rotatable bonds is 5. The van der Waals surface area contributed by atoms with Crippen molar-refractivity contribution >= 4 is 11.9 Å². The van der Waals surface area contributed by atoms with Gasteiger partial charge >= 0.3 is 5.97 Å². The third-order valence-electron chi connectivity index (χ3n) is 4.39. The van der Waals surface area contributed by atoms with Crippen LogP contribution in [0.5, 0.6) is 0 Å². The number of carbonyl (C=O) groups is 2. The van der Waals surface area contributed by atoms with E-state index in [1.807, 2.05) is 58.0 Å². The largest absolute Gasteiger partial charge is 0.445 e. The standard InChI is InChI=1S/C20H26N4O3/c1-5-9-14-16-19(26)27-17(18(25)21-20(2,3)4)15(24(16)23-22-14)12-13-10-7-6-8-11-13/h6-8,10-11,15,17H,5,9,12H2,1-4H3,(H,21,25). The molecule has 2 heterocycles. The van der Waals surface area contributed by atoms with Gasteiger partial charge in [-0.05, 0) is 39.2 Å². The van der Waals surface area contributed by atoms with E-state index in [1.54, 1.807) is 4.68 Å². The van der Waals surface area contributed by atoms with Gasteiger partial charge in [-0.3, -0.25) is 4.79 Å². The van der Waals surface area contributed by atoms with E-state index >= 15 is 0 Å². The SMILES string of the molecule is CCCc1nnn2c1C(=O)OC(C(=O)NC(C)(C)C)C2Cc1ccccc1. The Bertz CT molecular complexity index is 823. The van der Waals surface area contributed by atoms with E-state index in [0.29, 0.717) is 24.2 Å². The first kappa shape index (κ1) is 19.1. The van der Waals surface area contributed by atoms with Crippen molar-refractivity contribution in [1.29, 1.82) is 0 Å². The smallest absolute Gasteiger partial charge is 0.359 e. The van der Waals surface area contributed by atoms with Crippen LogP contribution in [-0.4, -0.2) is 38.5 Å². The van der Waals surface area contributed by atoms with Crippen LogP contribution in [-0.2, 0) is 22.4 Å². The van der Waals surface area contributed by atoms with E-state index in [0.717, 1.165) is 12.0 Å². The summed E-state index contributed by atoms with van der Waals surface area (Å²) in [5.41, 5.74) is 1.58. The number of aryl methyl sites for hydroxylation is 1. The minimum absolute atomic E-state index is 0.324. The average Bonchev–Trinajstić information content (AvgIpc) is 3.01. The van der Waals surface area contributed by atoms with Crippen molar-refractivity contribution < 1.29 is 14.3 Å². The molecule has 27 heavy (non-hydrogen) atoms. The quantitative estimate of drug-likeness (QED) is 0.817. The highest BCUT2D eigenvalue weighted by Crippen LogP contribution is 2.29. The molecule has 1 N–H and O–H groups in total. The highest BCUT2D eigenvalue weighted by molar-refractivity contribution is 5.93. The number of nitrogens with zero attached hydrogens (tertiary/aromatic N) is 3. The minimum Gasteiger partial charge on any atom is -0.445 e. The van der Waals surface area contributed by atoms with Crippen LogP contribution in [0.3, 0.4) is 0 Å².